The van der Waals surface area contributed by atoms with E-state index in [1.165, 1.54) is 0 Å². The molecule has 0 spiro atoms. The predicted molar refractivity (Wildman–Crippen MR) is 55.1 cm³/mol. The van der Waals surface area contributed by atoms with E-state index in [1.54, 1.807) is 36.9 Å². The van der Waals surface area contributed by atoms with E-state index in [1.807, 2.05) is 0 Å². The molecule has 0 aliphatic heterocycles. The van der Waals surface area contributed by atoms with E-state index in [-0.39, 0.29) is 0 Å². The maximum Gasteiger partial charge on any atom is 0.140 e. The maximum atomic E-state index is 9.63. The van der Waals surface area contributed by atoms with Crippen LogP contribution < -0.4 is 0 Å². The summed E-state index contributed by atoms with van der Waals surface area (Å²) in [6, 6.07) is 1.76. The van der Waals surface area contributed by atoms with Gasteiger partial charge in [-0.3, -0.25) is 9.55 Å². The molecule has 2 heterocycles. The van der Waals surface area contributed by atoms with Crippen molar-refractivity contribution >= 4 is 11.0 Å². The van der Waals surface area contributed by atoms with Crippen LogP contribution in [0.4, 0.5) is 0 Å². The minimum Gasteiger partial charge on any atom is -0.385 e. The van der Waals surface area contributed by atoms with Crippen molar-refractivity contribution in [3.63, 3.8) is 0 Å². The summed E-state index contributed by atoms with van der Waals surface area (Å²) in [5, 5.41) is 19.2. The number of imidazole rings is 1. The Morgan fingerprint density at radius 1 is 1.33 bits per heavy atom. The number of rotatable bonds is 2. The topological polar surface area (TPSA) is 71.2 Å². The molecule has 0 bridgehead atoms. The highest BCUT2D eigenvalue weighted by atomic mass is 16.3. The van der Waals surface area contributed by atoms with Crippen LogP contribution >= 0.6 is 0 Å². The lowest BCUT2D eigenvalue weighted by molar-refractivity contribution is 0.107. The SMILES string of the molecule is CC(O)c1nc2cnccc2n1C(C)O. The van der Waals surface area contributed by atoms with Gasteiger partial charge in [0.2, 0.25) is 0 Å². The monoisotopic (exact) mass is 207 g/mol. The molecule has 2 aromatic rings. The van der Waals surface area contributed by atoms with E-state index in [0.29, 0.717) is 11.3 Å². The highest BCUT2D eigenvalue weighted by Crippen LogP contribution is 2.22. The van der Waals surface area contributed by atoms with Gasteiger partial charge >= 0.3 is 0 Å². The van der Waals surface area contributed by atoms with Crippen LogP contribution in [0.3, 0.4) is 0 Å². The van der Waals surface area contributed by atoms with Gasteiger partial charge in [-0.05, 0) is 19.9 Å². The summed E-state index contributed by atoms with van der Waals surface area (Å²) >= 11 is 0. The number of aliphatic hydroxyl groups excluding tert-OH is 2. The molecule has 0 aliphatic carbocycles. The Hall–Kier alpha value is -1.46. The zero-order valence-corrected chi connectivity index (χ0v) is 8.62. The molecule has 0 radical (unpaired) electrons. The number of aromatic nitrogens is 3. The van der Waals surface area contributed by atoms with E-state index in [4.69, 9.17) is 0 Å². The smallest absolute Gasteiger partial charge is 0.140 e. The third-order valence-electron chi connectivity index (χ3n) is 2.27. The average Bonchev–Trinajstić information content (AvgIpc) is 2.56. The second-order valence-corrected chi connectivity index (χ2v) is 3.51. The van der Waals surface area contributed by atoms with E-state index in [0.717, 1.165) is 5.52 Å². The van der Waals surface area contributed by atoms with Crippen molar-refractivity contribution in [1.29, 1.82) is 0 Å². The van der Waals surface area contributed by atoms with Gasteiger partial charge in [0.1, 0.15) is 23.7 Å². The third-order valence-corrected chi connectivity index (χ3v) is 2.27. The number of fused-ring (bicyclic) bond motifs is 1. The molecular weight excluding hydrogens is 194 g/mol. The van der Waals surface area contributed by atoms with E-state index < -0.39 is 12.3 Å². The molecule has 5 nitrogen and oxygen atoms in total. The van der Waals surface area contributed by atoms with E-state index in [9.17, 15) is 10.2 Å². The number of nitrogens with zero attached hydrogens (tertiary/aromatic N) is 3. The second-order valence-electron chi connectivity index (χ2n) is 3.51. The van der Waals surface area contributed by atoms with Gasteiger partial charge in [-0.1, -0.05) is 0 Å². The minimum atomic E-state index is -0.720. The summed E-state index contributed by atoms with van der Waals surface area (Å²) in [4.78, 5) is 8.17. The molecule has 0 saturated heterocycles. The molecular formula is C10H13N3O2. The van der Waals surface area contributed by atoms with Crippen molar-refractivity contribution in [3.8, 4) is 0 Å². The molecule has 2 aromatic heterocycles. The molecule has 80 valence electrons. The van der Waals surface area contributed by atoms with Crippen LogP contribution in [-0.4, -0.2) is 24.7 Å². The van der Waals surface area contributed by atoms with Gasteiger partial charge in [-0.25, -0.2) is 4.98 Å². The largest absolute Gasteiger partial charge is 0.385 e. The summed E-state index contributed by atoms with van der Waals surface area (Å²) in [6.45, 7) is 3.25. The lowest BCUT2D eigenvalue weighted by Gasteiger charge is -2.13. The first-order valence-electron chi connectivity index (χ1n) is 4.79. The highest BCUT2D eigenvalue weighted by molar-refractivity contribution is 5.74. The first-order chi connectivity index (χ1) is 7.11. The van der Waals surface area contributed by atoms with Crippen LogP contribution in [0.2, 0.25) is 0 Å². The first-order valence-corrected chi connectivity index (χ1v) is 4.79. The standard InChI is InChI=1S/C10H13N3O2/c1-6(14)10-12-8-5-11-4-3-9(8)13(10)7(2)15/h3-7,14-15H,1-2H3. The molecule has 2 unspecified atom stereocenters. The number of hydrogen-bond acceptors (Lipinski definition) is 4. The highest BCUT2D eigenvalue weighted by Gasteiger charge is 2.17. The molecule has 15 heavy (non-hydrogen) atoms. The van der Waals surface area contributed by atoms with Crippen LogP contribution in [0.1, 0.15) is 32.0 Å². The fourth-order valence-electron chi connectivity index (χ4n) is 1.66. The first kappa shape index (κ1) is 10.1. The van der Waals surface area contributed by atoms with Gasteiger partial charge in [0, 0.05) is 6.20 Å². The third kappa shape index (κ3) is 1.60. The van der Waals surface area contributed by atoms with Crippen molar-refractivity contribution in [2.45, 2.75) is 26.2 Å². The Labute approximate surface area is 87.0 Å². The van der Waals surface area contributed by atoms with Crippen LogP contribution in [-0.2, 0) is 0 Å². The van der Waals surface area contributed by atoms with Crippen LogP contribution in [0.15, 0.2) is 18.5 Å². The lowest BCUT2D eigenvalue weighted by Crippen LogP contribution is -2.10. The minimum absolute atomic E-state index is 0.452. The van der Waals surface area contributed by atoms with Gasteiger partial charge in [0.25, 0.3) is 0 Å². The molecule has 5 heteroatoms. The Morgan fingerprint density at radius 3 is 2.67 bits per heavy atom. The predicted octanol–water partition coefficient (Wildman–Crippen LogP) is 0.995. The normalized spacial score (nSPS) is 15.5. The molecule has 0 aromatic carbocycles. The Kier molecular flexibility index (Phi) is 2.42. The summed E-state index contributed by atoms with van der Waals surface area (Å²) < 4.78 is 1.60. The Balaban J connectivity index is 2.75. The zero-order valence-electron chi connectivity index (χ0n) is 8.62. The second kappa shape index (κ2) is 3.60. The van der Waals surface area contributed by atoms with Crippen molar-refractivity contribution in [2.24, 2.45) is 0 Å². The van der Waals surface area contributed by atoms with Crippen LogP contribution in [0.5, 0.6) is 0 Å². The van der Waals surface area contributed by atoms with Gasteiger partial charge in [0.05, 0.1) is 11.7 Å². The van der Waals surface area contributed by atoms with Crippen molar-refractivity contribution < 1.29 is 10.2 Å². The number of aliphatic hydroxyl groups is 2. The van der Waals surface area contributed by atoms with E-state index >= 15 is 0 Å². The number of pyridine rings is 1. The molecule has 2 N–H and O–H groups in total. The summed E-state index contributed by atoms with van der Waals surface area (Å²) in [7, 11) is 0. The van der Waals surface area contributed by atoms with Crippen molar-refractivity contribution in [1.82, 2.24) is 14.5 Å². The van der Waals surface area contributed by atoms with Crippen molar-refractivity contribution in [2.75, 3.05) is 0 Å². The van der Waals surface area contributed by atoms with E-state index in [2.05, 4.69) is 9.97 Å². The van der Waals surface area contributed by atoms with Gasteiger partial charge < -0.3 is 10.2 Å². The fourth-order valence-corrected chi connectivity index (χ4v) is 1.66. The molecule has 0 saturated carbocycles. The summed E-state index contributed by atoms with van der Waals surface area (Å²) in [6.07, 6.45) is 1.81. The summed E-state index contributed by atoms with van der Waals surface area (Å²) in [5.41, 5.74) is 1.45. The molecule has 0 amide bonds. The molecule has 0 aliphatic rings. The van der Waals surface area contributed by atoms with Gasteiger partial charge in [-0.15, -0.1) is 0 Å². The fraction of sp³-hybridized carbons (Fsp3) is 0.400. The Bertz CT molecular complexity index is 476. The van der Waals surface area contributed by atoms with Crippen molar-refractivity contribution in [3.05, 3.63) is 24.3 Å². The summed E-state index contributed by atoms with van der Waals surface area (Å²) in [5.74, 6) is 0.452. The Morgan fingerprint density at radius 2 is 2.07 bits per heavy atom. The zero-order chi connectivity index (χ0) is 11.0. The molecule has 2 rings (SSSR count). The van der Waals surface area contributed by atoms with Crippen LogP contribution in [0.25, 0.3) is 11.0 Å². The average molecular weight is 207 g/mol. The quantitative estimate of drug-likeness (QED) is 0.770. The molecule has 0 fully saturated rings. The van der Waals surface area contributed by atoms with Crippen LogP contribution in [0, 0.1) is 0 Å². The lowest BCUT2D eigenvalue weighted by atomic mass is 10.3. The number of hydrogen-bond donors (Lipinski definition) is 2. The molecule has 2 atom stereocenters. The van der Waals surface area contributed by atoms with Gasteiger partial charge in [-0.2, -0.15) is 0 Å². The van der Waals surface area contributed by atoms with Gasteiger partial charge in [0.15, 0.2) is 0 Å². The maximum absolute atomic E-state index is 9.63.